The lowest BCUT2D eigenvalue weighted by molar-refractivity contribution is -0.145. The Hall–Kier alpha value is -2.15. The van der Waals surface area contributed by atoms with E-state index in [9.17, 15) is 14.4 Å². The van der Waals surface area contributed by atoms with Gasteiger partial charge in [0.05, 0.1) is 23.3 Å². The molecular formula is C15H16N2O4S. The highest BCUT2D eigenvalue weighted by molar-refractivity contribution is 7.99. The van der Waals surface area contributed by atoms with Gasteiger partial charge in [-0.05, 0) is 19.1 Å². The van der Waals surface area contributed by atoms with Gasteiger partial charge in [-0.25, -0.2) is 4.98 Å². The number of esters is 1. The second-order valence-electron chi connectivity index (χ2n) is 4.58. The first kappa shape index (κ1) is 16.2. The number of ether oxygens (including phenoxy) is 1. The average Bonchev–Trinajstić information content (AvgIpc) is 2.49. The molecule has 116 valence electrons. The molecule has 0 aliphatic rings. The van der Waals surface area contributed by atoms with Crippen LogP contribution in [-0.2, 0) is 21.4 Å². The number of hydrogen-bond acceptors (Lipinski definition) is 6. The van der Waals surface area contributed by atoms with Crippen molar-refractivity contribution in [2.24, 2.45) is 7.05 Å². The van der Waals surface area contributed by atoms with Gasteiger partial charge in [0.25, 0.3) is 5.56 Å². The van der Waals surface area contributed by atoms with E-state index in [1.165, 1.54) is 4.57 Å². The largest absolute Gasteiger partial charge is 0.466 e. The summed E-state index contributed by atoms with van der Waals surface area (Å²) in [5.41, 5.74) is 0.428. The third kappa shape index (κ3) is 3.73. The van der Waals surface area contributed by atoms with Crippen LogP contribution >= 0.6 is 11.8 Å². The molecule has 2 rings (SSSR count). The number of nitrogens with zero attached hydrogens (tertiary/aromatic N) is 2. The van der Waals surface area contributed by atoms with Crippen LogP contribution in [0.2, 0.25) is 0 Å². The number of aromatic nitrogens is 2. The van der Waals surface area contributed by atoms with Gasteiger partial charge in [-0.3, -0.25) is 19.0 Å². The summed E-state index contributed by atoms with van der Waals surface area (Å²) in [4.78, 5) is 39.5. The molecule has 1 heterocycles. The number of carbonyl (C=O) groups is 2. The molecule has 1 aromatic carbocycles. The van der Waals surface area contributed by atoms with Crippen molar-refractivity contribution in [3.05, 3.63) is 34.6 Å². The fourth-order valence-corrected chi connectivity index (χ4v) is 2.73. The zero-order valence-corrected chi connectivity index (χ0v) is 13.2. The molecule has 0 spiro atoms. The topological polar surface area (TPSA) is 78.3 Å². The fourth-order valence-electron chi connectivity index (χ4n) is 1.90. The van der Waals surface area contributed by atoms with Crippen LogP contribution in [0.3, 0.4) is 0 Å². The van der Waals surface area contributed by atoms with Crippen LogP contribution in [0.1, 0.15) is 13.3 Å². The summed E-state index contributed by atoms with van der Waals surface area (Å²) in [6.07, 6.45) is -0.262. The van der Waals surface area contributed by atoms with Gasteiger partial charge in [0, 0.05) is 7.05 Å². The molecule has 22 heavy (non-hydrogen) atoms. The molecule has 0 saturated heterocycles. The van der Waals surface area contributed by atoms with Crippen LogP contribution in [0.5, 0.6) is 0 Å². The van der Waals surface area contributed by atoms with Crippen molar-refractivity contribution in [2.75, 3.05) is 12.4 Å². The maximum atomic E-state index is 12.2. The van der Waals surface area contributed by atoms with Crippen LogP contribution < -0.4 is 5.56 Å². The minimum atomic E-state index is -0.534. The van der Waals surface area contributed by atoms with Gasteiger partial charge in [0.15, 0.2) is 10.9 Å². The monoisotopic (exact) mass is 320 g/mol. The normalized spacial score (nSPS) is 10.6. The van der Waals surface area contributed by atoms with E-state index in [1.807, 2.05) is 0 Å². The van der Waals surface area contributed by atoms with Gasteiger partial charge in [0.2, 0.25) is 0 Å². The first-order chi connectivity index (χ1) is 10.5. The van der Waals surface area contributed by atoms with Crippen molar-refractivity contribution >= 4 is 34.4 Å². The minimum absolute atomic E-state index is 0.0669. The van der Waals surface area contributed by atoms with E-state index in [4.69, 9.17) is 4.74 Å². The molecule has 0 atom stereocenters. The van der Waals surface area contributed by atoms with Crippen molar-refractivity contribution in [3.8, 4) is 0 Å². The molecule has 0 radical (unpaired) electrons. The predicted molar refractivity (Wildman–Crippen MR) is 84.0 cm³/mol. The summed E-state index contributed by atoms with van der Waals surface area (Å²) >= 11 is 1.14. The SMILES string of the molecule is CCOC(=O)CC(=O)CSc1nc2ccccc2c(=O)n1C. The number of thioether (sulfide) groups is 1. The number of rotatable bonds is 6. The van der Waals surface area contributed by atoms with Crippen LogP contribution in [0.15, 0.2) is 34.2 Å². The number of benzene rings is 1. The summed E-state index contributed by atoms with van der Waals surface area (Å²) in [6, 6.07) is 7.04. The Labute approximate surface area is 131 Å². The quantitative estimate of drug-likeness (QED) is 0.348. The zero-order valence-electron chi connectivity index (χ0n) is 12.4. The summed E-state index contributed by atoms with van der Waals surface area (Å²) in [7, 11) is 1.61. The van der Waals surface area contributed by atoms with E-state index in [0.717, 1.165) is 11.8 Å². The highest BCUT2D eigenvalue weighted by Gasteiger charge is 2.13. The van der Waals surface area contributed by atoms with Gasteiger partial charge in [-0.15, -0.1) is 0 Å². The van der Waals surface area contributed by atoms with Gasteiger partial charge >= 0.3 is 5.97 Å². The Morgan fingerprint density at radius 1 is 1.32 bits per heavy atom. The number of ketones is 1. The summed E-state index contributed by atoms with van der Waals surface area (Å²) in [5, 5.41) is 0.980. The Morgan fingerprint density at radius 2 is 2.05 bits per heavy atom. The lowest BCUT2D eigenvalue weighted by atomic mass is 10.2. The second kappa shape index (κ2) is 7.22. The molecular weight excluding hydrogens is 304 g/mol. The van der Waals surface area contributed by atoms with E-state index in [1.54, 1.807) is 38.2 Å². The van der Waals surface area contributed by atoms with Gasteiger partial charge in [-0.1, -0.05) is 23.9 Å². The molecule has 0 fully saturated rings. The standard InChI is InChI=1S/C15H16N2O4S/c1-3-21-13(19)8-10(18)9-22-15-16-12-7-5-4-6-11(12)14(20)17(15)2/h4-7H,3,8-9H2,1-2H3. The second-order valence-corrected chi connectivity index (χ2v) is 5.53. The van der Waals surface area contributed by atoms with E-state index in [2.05, 4.69) is 4.98 Å². The summed E-state index contributed by atoms with van der Waals surface area (Å²) in [5.74, 6) is -0.725. The molecule has 7 heteroatoms. The molecule has 0 amide bonds. The highest BCUT2D eigenvalue weighted by Crippen LogP contribution is 2.17. The zero-order chi connectivity index (χ0) is 16.1. The van der Waals surface area contributed by atoms with Crippen molar-refractivity contribution in [1.82, 2.24) is 9.55 Å². The number of carbonyl (C=O) groups excluding carboxylic acids is 2. The molecule has 2 aromatic rings. The van der Waals surface area contributed by atoms with E-state index in [0.29, 0.717) is 16.1 Å². The van der Waals surface area contributed by atoms with Gasteiger partial charge in [-0.2, -0.15) is 0 Å². The van der Waals surface area contributed by atoms with Crippen molar-refractivity contribution in [2.45, 2.75) is 18.5 Å². The molecule has 1 aromatic heterocycles. The molecule has 6 nitrogen and oxygen atoms in total. The average molecular weight is 320 g/mol. The molecule has 0 aliphatic heterocycles. The molecule has 0 saturated carbocycles. The number of hydrogen-bond donors (Lipinski definition) is 0. The smallest absolute Gasteiger partial charge is 0.313 e. The fraction of sp³-hybridized carbons (Fsp3) is 0.333. The Balaban J connectivity index is 2.12. The Morgan fingerprint density at radius 3 is 2.77 bits per heavy atom. The Kier molecular flexibility index (Phi) is 5.32. The van der Waals surface area contributed by atoms with Gasteiger partial charge < -0.3 is 4.74 Å². The number of fused-ring (bicyclic) bond motifs is 1. The predicted octanol–water partition coefficient (Wildman–Crippen LogP) is 1.55. The minimum Gasteiger partial charge on any atom is -0.466 e. The maximum absolute atomic E-state index is 12.2. The van der Waals surface area contributed by atoms with E-state index >= 15 is 0 Å². The van der Waals surface area contributed by atoms with Crippen LogP contribution in [-0.4, -0.2) is 33.7 Å². The van der Waals surface area contributed by atoms with Gasteiger partial charge in [0.1, 0.15) is 6.42 Å². The van der Waals surface area contributed by atoms with Crippen LogP contribution in [0.25, 0.3) is 10.9 Å². The number of para-hydroxylation sites is 1. The first-order valence-electron chi connectivity index (χ1n) is 6.78. The van der Waals surface area contributed by atoms with E-state index in [-0.39, 0.29) is 30.1 Å². The van der Waals surface area contributed by atoms with Crippen molar-refractivity contribution in [3.63, 3.8) is 0 Å². The van der Waals surface area contributed by atoms with Crippen molar-refractivity contribution < 1.29 is 14.3 Å². The lowest BCUT2D eigenvalue weighted by Crippen LogP contribution is -2.20. The van der Waals surface area contributed by atoms with Crippen LogP contribution in [0.4, 0.5) is 0 Å². The lowest BCUT2D eigenvalue weighted by Gasteiger charge is -2.08. The third-order valence-corrected chi connectivity index (χ3v) is 4.04. The first-order valence-corrected chi connectivity index (χ1v) is 7.77. The van der Waals surface area contributed by atoms with Crippen molar-refractivity contribution in [1.29, 1.82) is 0 Å². The molecule has 0 N–H and O–H groups in total. The molecule has 0 unspecified atom stereocenters. The Bertz CT molecular complexity index is 770. The third-order valence-electron chi connectivity index (χ3n) is 2.95. The summed E-state index contributed by atoms with van der Waals surface area (Å²) in [6.45, 7) is 1.94. The number of Topliss-reactive ketones (excluding diaryl/α,β-unsaturated/α-hetero) is 1. The maximum Gasteiger partial charge on any atom is 0.313 e. The highest BCUT2D eigenvalue weighted by atomic mass is 32.2. The summed E-state index contributed by atoms with van der Waals surface area (Å²) < 4.78 is 6.13. The molecule has 0 bridgehead atoms. The van der Waals surface area contributed by atoms with Crippen LogP contribution in [0, 0.1) is 0 Å². The molecule has 0 aliphatic carbocycles. The van der Waals surface area contributed by atoms with E-state index < -0.39 is 5.97 Å².